The fourth-order valence-electron chi connectivity index (χ4n) is 4.53. The number of methoxy groups -OCH3 is 1. The Labute approximate surface area is 191 Å². The van der Waals surface area contributed by atoms with Gasteiger partial charge in [-0.3, -0.25) is 14.5 Å². The van der Waals surface area contributed by atoms with Crippen molar-refractivity contribution in [3.8, 4) is 16.9 Å². The van der Waals surface area contributed by atoms with Crippen LogP contribution in [-0.4, -0.2) is 36.4 Å². The molecule has 1 heterocycles. The Balaban J connectivity index is 1.29. The zero-order chi connectivity index (χ0) is 23.2. The first-order valence-electron chi connectivity index (χ1n) is 10.7. The first kappa shape index (κ1) is 20.8. The van der Waals surface area contributed by atoms with Crippen LogP contribution in [-0.2, 0) is 21.5 Å². The summed E-state index contributed by atoms with van der Waals surface area (Å²) in [4.78, 5) is 39.3. The number of carbonyl (C=O) groups is 3. The standard InChI is InChI=1S/C26H23N3O4/c1-26(18-7-10-20(33-2)11-8-18)24(31)29(25(32)28-26)15-23(30)27-19-9-12-22-17(14-19)13-16-5-3-4-6-21(16)22/h3-12,14H,13,15H2,1-2H3,(H,27,30)(H,28,32)/t26-/m0/s1. The molecule has 5 rings (SSSR count). The minimum Gasteiger partial charge on any atom is -0.497 e. The van der Waals surface area contributed by atoms with Gasteiger partial charge in [-0.05, 0) is 65.4 Å². The van der Waals surface area contributed by atoms with E-state index in [1.165, 1.54) is 11.1 Å². The largest absolute Gasteiger partial charge is 0.497 e. The molecule has 7 nitrogen and oxygen atoms in total. The van der Waals surface area contributed by atoms with Crippen LogP contribution >= 0.6 is 0 Å². The number of hydrogen-bond donors (Lipinski definition) is 2. The summed E-state index contributed by atoms with van der Waals surface area (Å²) in [6, 6.07) is 20.3. The van der Waals surface area contributed by atoms with Crippen molar-refractivity contribution in [2.45, 2.75) is 18.9 Å². The van der Waals surface area contributed by atoms with Gasteiger partial charge in [0.1, 0.15) is 17.8 Å². The molecule has 166 valence electrons. The molecular weight excluding hydrogens is 418 g/mol. The molecule has 1 aliphatic carbocycles. The second-order valence-electron chi connectivity index (χ2n) is 8.43. The smallest absolute Gasteiger partial charge is 0.325 e. The maximum Gasteiger partial charge on any atom is 0.325 e. The van der Waals surface area contributed by atoms with Crippen molar-refractivity contribution in [1.82, 2.24) is 10.2 Å². The van der Waals surface area contributed by atoms with Gasteiger partial charge in [0.2, 0.25) is 5.91 Å². The van der Waals surface area contributed by atoms with Gasteiger partial charge in [-0.15, -0.1) is 0 Å². The molecule has 0 radical (unpaired) electrons. The van der Waals surface area contributed by atoms with Crippen LogP contribution in [0, 0.1) is 0 Å². The number of imide groups is 1. The lowest BCUT2D eigenvalue weighted by molar-refractivity contribution is -0.133. The summed E-state index contributed by atoms with van der Waals surface area (Å²) in [5, 5.41) is 5.53. The van der Waals surface area contributed by atoms with Crippen LogP contribution in [0.25, 0.3) is 11.1 Å². The molecule has 2 N–H and O–H groups in total. The molecule has 33 heavy (non-hydrogen) atoms. The lowest BCUT2D eigenvalue weighted by Gasteiger charge is -2.22. The monoisotopic (exact) mass is 441 g/mol. The molecule has 0 aromatic heterocycles. The molecule has 0 saturated carbocycles. The molecule has 0 bridgehead atoms. The second kappa shape index (κ2) is 7.78. The molecule has 0 unspecified atom stereocenters. The molecule has 1 atom stereocenters. The van der Waals surface area contributed by atoms with Gasteiger partial charge in [0.15, 0.2) is 0 Å². The van der Waals surface area contributed by atoms with E-state index in [0.29, 0.717) is 17.0 Å². The van der Waals surface area contributed by atoms with E-state index in [0.717, 1.165) is 22.4 Å². The number of amides is 4. The number of nitrogens with one attached hydrogen (secondary N) is 2. The van der Waals surface area contributed by atoms with E-state index in [1.54, 1.807) is 38.3 Å². The first-order chi connectivity index (χ1) is 15.9. The van der Waals surface area contributed by atoms with Crippen LogP contribution in [0.4, 0.5) is 10.5 Å². The van der Waals surface area contributed by atoms with Crippen molar-refractivity contribution in [3.63, 3.8) is 0 Å². The van der Waals surface area contributed by atoms with Crippen molar-refractivity contribution < 1.29 is 19.1 Å². The van der Waals surface area contributed by atoms with Crippen molar-refractivity contribution in [2.75, 3.05) is 19.0 Å². The molecule has 3 aromatic rings. The summed E-state index contributed by atoms with van der Waals surface area (Å²) >= 11 is 0. The van der Waals surface area contributed by atoms with Crippen molar-refractivity contribution >= 4 is 23.5 Å². The normalized spacial score (nSPS) is 18.5. The number of ether oxygens (including phenoxy) is 1. The maximum absolute atomic E-state index is 13.1. The van der Waals surface area contributed by atoms with Crippen LogP contribution in [0.2, 0.25) is 0 Å². The molecule has 1 saturated heterocycles. The van der Waals surface area contributed by atoms with E-state index < -0.39 is 23.4 Å². The molecule has 7 heteroatoms. The Morgan fingerprint density at radius 3 is 2.52 bits per heavy atom. The highest BCUT2D eigenvalue weighted by Gasteiger charge is 2.49. The van der Waals surface area contributed by atoms with E-state index in [4.69, 9.17) is 4.74 Å². The van der Waals surface area contributed by atoms with Gasteiger partial charge in [0.05, 0.1) is 7.11 Å². The number of nitrogens with zero attached hydrogens (tertiary/aromatic N) is 1. The van der Waals surface area contributed by atoms with Crippen LogP contribution in [0.15, 0.2) is 66.7 Å². The number of urea groups is 1. The fraction of sp³-hybridized carbons (Fsp3) is 0.192. The van der Waals surface area contributed by atoms with Gasteiger partial charge in [-0.1, -0.05) is 42.5 Å². The zero-order valence-electron chi connectivity index (χ0n) is 18.3. The Bertz CT molecular complexity index is 1280. The molecule has 2 aliphatic rings. The van der Waals surface area contributed by atoms with Crippen molar-refractivity contribution in [2.24, 2.45) is 0 Å². The first-order valence-corrected chi connectivity index (χ1v) is 10.7. The third kappa shape index (κ3) is 3.51. The van der Waals surface area contributed by atoms with Crippen LogP contribution in [0.5, 0.6) is 5.75 Å². The van der Waals surface area contributed by atoms with Crippen LogP contribution < -0.4 is 15.4 Å². The van der Waals surface area contributed by atoms with Gasteiger partial charge in [-0.2, -0.15) is 0 Å². The predicted octanol–water partition coefficient (Wildman–Crippen LogP) is 3.67. The SMILES string of the molecule is COc1ccc([C@]2(C)NC(=O)N(CC(=O)Nc3ccc4c(c3)Cc3ccccc3-4)C2=O)cc1. The number of hydrogen-bond acceptors (Lipinski definition) is 4. The predicted molar refractivity (Wildman–Crippen MR) is 124 cm³/mol. The minimum atomic E-state index is -1.25. The third-order valence-electron chi connectivity index (χ3n) is 6.32. The number of benzene rings is 3. The summed E-state index contributed by atoms with van der Waals surface area (Å²) < 4.78 is 5.15. The minimum absolute atomic E-state index is 0.367. The van der Waals surface area contributed by atoms with Crippen LogP contribution in [0.1, 0.15) is 23.6 Å². The molecule has 3 aromatic carbocycles. The number of fused-ring (bicyclic) bond motifs is 3. The van der Waals surface area contributed by atoms with Crippen molar-refractivity contribution in [3.05, 3.63) is 83.4 Å². The Hall–Kier alpha value is -4.13. The average Bonchev–Trinajstić information content (AvgIpc) is 3.29. The zero-order valence-corrected chi connectivity index (χ0v) is 18.3. The van der Waals surface area contributed by atoms with E-state index in [9.17, 15) is 14.4 Å². The Morgan fingerprint density at radius 1 is 1.03 bits per heavy atom. The topological polar surface area (TPSA) is 87.7 Å². The van der Waals surface area contributed by atoms with Gasteiger partial charge in [0.25, 0.3) is 5.91 Å². The fourth-order valence-corrected chi connectivity index (χ4v) is 4.53. The lowest BCUT2D eigenvalue weighted by Crippen LogP contribution is -2.42. The summed E-state index contributed by atoms with van der Waals surface area (Å²) in [5.74, 6) is -0.266. The Kier molecular flexibility index (Phi) is 4.89. The molecule has 1 fully saturated rings. The van der Waals surface area contributed by atoms with E-state index >= 15 is 0 Å². The third-order valence-corrected chi connectivity index (χ3v) is 6.32. The van der Waals surface area contributed by atoms with Crippen LogP contribution in [0.3, 0.4) is 0 Å². The quantitative estimate of drug-likeness (QED) is 0.463. The highest BCUT2D eigenvalue weighted by Crippen LogP contribution is 2.37. The van der Waals surface area contributed by atoms with Gasteiger partial charge in [0, 0.05) is 5.69 Å². The number of anilines is 1. The second-order valence-corrected chi connectivity index (χ2v) is 8.43. The molecule has 1 aliphatic heterocycles. The number of rotatable bonds is 5. The maximum atomic E-state index is 13.1. The molecule has 4 amide bonds. The van der Waals surface area contributed by atoms with Gasteiger partial charge >= 0.3 is 6.03 Å². The highest BCUT2D eigenvalue weighted by atomic mass is 16.5. The average molecular weight is 441 g/mol. The molecular formula is C26H23N3O4. The van der Waals surface area contributed by atoms with Crippen molar-refractivity contribution in [1.29, 1.82) is 0 Å². The summed E-state index contributed by atoms with van der Waals surface area (Å²) in [6.45, 7) is 1.26. The lowest BCUT2D eigenvalue weighted by atomic mass is 9.92. The van der Waals surface area contributed by atoms with E-state index in [1.807, 2.05) is 30.3 Å². The van der Waals surface area contributed by atoms with E-state index in [-0.39, 0.29) is 6.54 Å². The van der Waals surface area contributed by atoms with E-state index in [2.05, 4.69) is 22.8 Å². The van der Waals surface area contributed by atoms with Gasteiger partial charge < -0.3 is 15.4 Å². The Morgan fingerprint density at radius 2 is 1.76 bits per heavy atom. The number of carbonyl (C=O) groups excluding carboxylic acids is 3. The summed E-state index contributed by atoms with van der Waals surface area (Å²) in [5.41, 5.74) is 4.77. The molecule has 0 spiro atoms. The highest BCUT2D eigenvalue weighted by molar-refractivity contribution is 6.10. The van der Waals surface area contributed by atoms with Gasteiger partial charge in [-0.25, -0.2) is 4.79 Å². The summed E-state index contributed by atoms with van der Waals surface area (Å²) in [7, 11) is 1.55. The summed E-state index contributed by atoms with van der Waals surface area (Å²) in [6.07, 6.45) is 0.808.